The highest BCUT2D eigenvalue weighted by Gasteiger charge is 2.32. The zero-order valence-electron chi connectivity index (χ0n) is 16.0. The number of anilines is 1. The molecule has 2 aliphatic heterocycles. The van der Waals surface area contributed by atoms with Crippen molar-refractivity contribution in [2.45, 2.75) is 6.42 Å². The van der Waals surface area contributed by atoms with Gasteiger partial charge in [-0.15, -0.1) is 0 Å². The van der Waals surface area contributed by atoms with Gasteiger partial charge in [-0.1, -0.05) is 18.2 Å². The summed E-state index contributed by atoms with van der Waals surface area (Å²) in [6, 6.07) is 12.7. The van der Waals surface area contributed by atoms with E-state index < -0.39 is 11.7 Å². The van der Waals surface area contributed by atoms with Crippen LogP contribution in [0.3, 0.4) is 0 Å². The van der Waals surface area contributed by atoms with Crippen molar-refractivity contribution < 1.29 is 23.9 Å². The number of rotatable bonds is 5. The average molecular weight is 405 g/mol. The standard InChI is InChI=1S/C22H19N3O5/c26-20-7-13(11-25(20)14-5-6-18-19(8-14)30-12-29-18)9-24-22(28)21(27)16-10-23-17-4-2-1-3-15(16)17/h1-6,8,10,13,23H,7,9,11-12H2,(H,24,28). The quantitative estimate of drug-likeness (QED) is 0.501. The number of hydrogen-bond donors (Lipinski definition) is 2. The molecule has 152 valence electrons. The lowest BCUT2D eigenvalue weighted by atomic mass is 10.1. The number of hydrogen-bond acceptors (Lipinski definition) is 5. The van der Waals surface area contributed by atoms with E-state index in [1.807, 2.05) is 24.3 Å². The van der Waals surface area contributed by atoms with Gasteiger partial charge in [-0.05, 0) is 18.2 Å². The minimum absolute atomic E-state index is 0.0314. The van der Waals surface area contributed by atoms with E-state index in [4.69, 9.17) is 9.47 Å². The third-order valence-corrected chi connectivity index (χ3v) is 5.46. The zero-order valence-corrected chi connectivity index (χ0v) is 16.0. The van der Waals surface area contributed by atoms with Crippen molar-refractivity contribution in [1.82, 2.24) is 10.3 Å². The van der Waals surface area contributed by atoms with Gasteiger partial charge in [-0.25, -0.2) is 0 Å². The first kappa shape index (κ1) is 18.2. The second kappa shape index (κ2) is 7.22. The van der Waals surface area contributed by atoms with E-state index in [0.29, 0.717) is 35.4 Å². The molecule has 1 fully saturated rings. The van der Waals surface area contributed by atoms with Gasteiger partial charge in [-0.3, -0.25) is 14.4 Å². The molecule has 0 spiro atoms. The summed E-state index contributed by atoms with van der Waals surface area (Å²) in [5, 5.41) is 3.40. The smallest absolute Gasteiger partial charge is 0.292 e. The molecule has 3 aromatic rings. The van der Waals surface area contributed by atoms with Crippen molar-refractivity contribution >= 4 is 34.2 Å². The van der Waals surface area contributed by atoms with E-state index in [1.165, 1.54) is 0 Å². The number of fused-ring (bicyclic) bond motifs is 2. The van der Waals surface area contributed by atoms with Gasteiger partial charge >= 0.3 is 0 Å². The number of nitrogens with zero attached hydrogens (tertiary/aromatic N) is 1. The molecule has 3 heterocycles. The largest absolute Gasteiger partial charge is 0.454 e. The van der Waals surface area contributed by atoms with Gasteiger partial charge in [0.25, 0.3) is 11.7 Å². The number of aromatic nitrogens is 1. The van der Waals surface area contributed by atoms with Crippen LogP contribution in [0.2, 0.25) is 0 Å². The third-order valence-electron chi connectivity index (χ3n) is 5.46. The predicted molar refractivity (Wildman–Crippen MR) is 109 cm³/mol. The molecule has 8 heteroatoms. The Balaban J connectivity index is 1.22. The minimum atomic E-state index is -0.672. The molecule has 0 radical (unpaired) electrons. The van der Waals surface area contributed by atoms with Crippen molar-refractivity contribution in [2.24, 2.45) is 5.92 Å². The number of carbonyl (C=O) groups is 3. The Morgan fingerprint density at radius 2 is 1.97 bits per heavy atom. The van der Waals surface area contributed by atoms with Crippen LogP contribution in [0.25, 0.3) is 10.9 Å². The molecular formula is C22H19N3O5. The van der Waals surface area contributed by atoms with Crippen molar-refractivity contribution in [3.63, 3.8) is 0 Å². The molecule has 2 aromatic carbocycles. The number of benzene rings is 2. The van der Waals surface area contributed by atoms with Gasteiger partial charge in [0, 0.05) is 54.3 Å². The topological polar surface area (TPSA) is 101 Å². The fourth-order valence-corrected chi connectivity index (χ4v) is 3.92. The molecule has 1 saturated heterocycles. The van der Waals surface area contributed by atoms with Gasteiger partial charge in [0.15, 0.2) is 11.5 Å². The number of ether oxygens (including phenoxy) is 2. The highest BCUT2D eigenvalue weighted by Crippen LogP contribution is 2.37. The first-order chi connectivity index (χ1) is 14.6. The average Bonchev–Trinajstić information content (AvgIpc) is 3.48. The molecule has 30 heavy (non-hydrogen) atoms. The van der Waals surface area contributed by atoms with Crippen molar-refractivity contribution in [2.75, 3.05) is 24.8 Å². The maximum Gasteiger partial charge on any atom is 0.292 e. The first-order valence-corrected chi connectivity index (χ1v) is 9.69. The lowest BCUT2D eigenvalue weighted by Gasteiger charge is -2.17. The van der Waals surface area contributed by atoms with Gasteiger partial charge < -0.3 is 24.7 Å². The molecule has 1 atom stereocenters. The molecule has 1 aromatic heterocycles. The zero-order chi connectivity index (χ0) is 20.7. The Bertz CT molecular complexity index is 1170. The Morgan fingerprint density at radius 3 is 2.87 bits per heavy atom. The summed E-state index contributed by atoms with van der Waals surface area (Å²) in [5.74, 6) is -0.108. The lowest BCUT2D eigenvalue weighted by Crippen LogP contribution is -2.35. The minimum Gasteiger partial charge on any atom is -0.454 e. The maximum atomic E-state index is 12.5. The Hall–Kier alpha value is -3.81. The first-order valence-electron chi connectivity index (χ1n) is 9.69. The summed E-state index contributed by atoms with van der Waals surface area (Å²) in [7, 11) is 0. The Kier molecular flexibility index (Phi) is 4.39. The molecule has 0 bridgehead atoms. The van der Waals surface area contributed by atoms with E-state index >= 15 is 0 Å². The maximum absolute atomic E-state index is 12.5. The number of amides is 2. The molecule has 2 N–H and O–H groups in total. The number of ketones is 1. The SMILES string of the molecule is O=C(NCC1CC(=O)N(c2ccc3c(c2)OCO3)C1)C(=O)c1c[nH]c2ccccc12. The molecule has 1 unspecified atom stereocenters. The normalized spacial score (nSPS) is 17.5. The number of H-pyrrole nitrogens is 1. The highest BCUT2D eigenvalue weighted by molar-refractivity contribution is 6.44. The number of aromatic amines is 1. The third kappa shape index (κ3) is 3.16. The molecule has 8 nitrogen and oxygen atoms in total. The molecular weight excluding hydrogens is 386 g/mol. The second-order valence-corrected chi connectivity index (χ2v) is 7.40. The number of nitrogens with one attached hydrogen (secondary N) is 2. The second-order valence-electron chi connectivity index (χ2n) is 7.40. The Labute approximate surface area is 171 Å². The van der Waals surface area contributed by atoms with Gasteiger partial charge in [0.2, 0.25) is 12.7 Å². The van der Waals surface area contributed by atoms with Gasteiger partial charge in [0.05, 0.1) is 5.56 Å². The van der Waals surface area contributed by atoms with Crippen LogP contribution in [-0.4, -0.2) is 42.5 Å². The van der Waals surface area contributed by atoms with Crippen molar-refractivity contribution in [3.05, 3.63) is 54.2 Å². The van der Waals surface area contributed by atoms with Gasteiger partial charge in [0.1, 0.15) is 0 Å². The molecule has 0 saturated carbocycles. The molecule has 0 aliphatic carbocycles. The predicted octanol–water partition coefficient (Wildman–Crippen LogP) is 2.25. The summed E-state index contributed by atoms with van der Waals surface area (Å²) in [5.41, 5.74) is 1.87. The Morgan fingerprint density at radius 1 is 1.13 bits per heavy atom. The number of carbonyl (C=O) groups excluding carboxylic acids is 3. The van der Waals surface area contributed by atoms with Crippen LogP contribution in [-0.2, 0) is 9.59 Å². The van der Waals surface area contributed by atoms with Crippen LogP contribution in [0, 0.1) is 5.92 Å². The summed E-state index contributed by atoms with van der Waals surface area (Å²) < 4.78 is 10.7. The van der Waals surface area contributed by atoms with Crippen LogP contribution >= 0.6 is 0 Å². The van der Waals surface area contributed by atoms with E-state index in [1.54, 1.807) is 29.3 Å². The molecule has 5 rings (SSSR count). The molecule has 2 aliphatic rings. The monoisotopic (exact) mass is 405 g/mol. The van der Waals surface area contributed by atoms with Gasteiger partial charge in [-0.2, -0.15) is 0 Å². The van der Waals surface area contributed by atoms with E-state index in [-0.39, 0.29) is 25.2 Å². The fourth-order valence-electron chi connectivity index (χ4n) is 3.92. The van der Waals surface area contributed by atoms with Crippen LogP contribution in [0.1, 0.15) is 16.8 Å². The lowest BCUT2D eigenvalue weighted by molar-refractivity contribution is -0.118. The van der Waals surface area contributed by atoms with Crippen LogP contribution in [0.15, 0.2) is 48.7 Å². The highest BCUT2D eigenvalue weighted by atomic mass is 16.7. The number of para-hydroxylation sites is 1. The van der Waals surface area contributed by atoms with Crippen LogP contribution in [0.4, 0.5) is 5.69 Å². The van der Waals surface area contributed by atoms with Crippen molar-refractivity contribution in [3.8, 4) is 11.5 Å². The number of Topliss-reactive ketones (excluding diaryl/α,β-unsaturated/α-hetero) is 1. The molecule has 2 amide bonds. The summed E-state index contributed by atoms with van der Waals surface area (Å²) in [6.45, 7) is 0.881. The van der Waals surface area contributed by atoms with Crippen LogP contribution in [0.5, 0.6) is 11.5 Å². The van der Waals surface area contributed by atoms with Crippen molar-refractivity contribution in [1.29, 1.82) is 0 Å². The van der Waals surface area contributed by atoms with E-state index in [9.17, 15) is 14.4 Å². The van der Waals surface area contributed by atoms with Crippen LogP contribution < -0.4 is 19.7 Å². The fraction of sp³-hybridized carbons (Fsp3) is 0.227. The summed E-state index contributed by atoms with van der Waals surface area (Å²) >= 11 is 0. The van der Waals surface area contributed by atoms with E-state index in [2.05, 4.69) is 10.3 Å². The van der Waals surface area contributed by atoms with E-state index in [0.717, 1.165) is 11.2 Å². The summed E-state index contributed by atoms with van der Waals surface area (Å²) in [4.78, 5) is 42.1. The summed E-state index contributed by atoms with van der Waals surface area (Å²) in [6.07, 6.45) is 1.85.